The van der Waals surface area contributed by atoms with Gasteiger partial charge in [0, 0.05) is 0 Å². The summed E-state index contributed by atoms with van der Waals surface area (Å²) in [5, 5.41) is 10.1. The fourth-order valence-corrected chi connectivity index (χ4v) is 2.31. The molecule has 0 saturated heterocycles. The Morgan fingerprint density at radius 3 is 2.29 bits per heavy atom. The van der Waals surface area contributed by atoms with Crippen LogP contribution in [-0.2, 0) is 0 Å². The molecule has 2 rings (SSSR count). The molecule has 1 nitrogen and oxygen atoms in total. The molecule has 1 N–H and O–H groups in total. The molecule has 1 fully saturated rings. The van der Waals surface area contributed by atoms with Gasteiger partial charge in [0.1, 0.15) is 0 Å². The first-order valence-corrected chi connectivity index (χ1v) is 5.52. The van der Waals surface area contributed by atoms with Crippen LogP contribution in [0.25, 0.3) is 0 Å². The summed E-state index contributed by atoms with van der Waals surface area (Å²) in [5.74, 6) is 0.498. The van der Waals surface area contributed by atoms with Gasteiger partial charge in [0.25, 0.3) is 0 Å². The second-order valence-electron chi connectivity index (χ2n) is 4.40. The van der Waals surface area contributed by atoms with E-state index in [1.165, 1.54) is 31.2 Å². The van der Waals surface area contributed by atoms with E-state index in [-0.39, 0.29) is 6.10 Å². The van der Waals surface area contributed by atoms with Gasteiger partial charge in [-0.1, -0.05) is 42.7 Å². The van der Waals surface area contributed by atoms with E-state index in [9.17, 15) is 5.11 Å². The molecule has 1 heteroatoms. The summed E-state index contributed by atoms with van der Waals surface area (Å²) < 4.78 is 0. The molecule has 1 aromatic rings. The number of benzene rings is 1. The van der Waals surface area contributed by atoms with Crippen LogP contribution >= 0.6 is 0 Å². The zero-order valence-electron chi connectivity index (χ0n) is 8.74. The molecule has 1 aromatic carbocycles. The van der Waals surface area contributed by atoms with Crippen molar-refractivity contribution in [3.63, 3.8) is 0 Å². The van der Waals surface area contributed by atoms with E-state index in [0.29, 0.717) is 5.92 Å². The molecule has 1 unspecified atom stereocenters. The number of aryl methyl sites for hydroxylation is 1. The Labute approximate surface area is 85.8 Å². The molecule has 1 saturated carbocycles. The van der Waals surface area contributed by atoms with E-state index in [0.717, 1.165) is 5.56 Å². The molecule has 0 aromatic heterocycles. The first-order chi connectivity index (χ1) is 6.77. The number of hydrogen-bond acceptors (Lipinski definition) is 1. The summed E-state index contributed by atoms with van der Waals surface area (Å²) in [7, 11) is 0. The molecule has 0 radical (unpaired) electrons. The maximum atomic E-state index is 10.1. The standard InChI is InChI=1S/C13H18O/c1-10-6-8-12(9-7-10)13(14)11-4-2-3-5-11/h6-9,11,13-14H,2-5H2,1H3. The number of rotatable bonds is 2. The van der Waals surface area contributed by atoms with E-state index in [1.807, 2.05) is 0 Å². The fraction of sp³-hybridized carbons (Fsp3) is 0.538. The van der Waals surface area contributed by atoms with Crippen molar-refractivity contribution < 1.29 is 5.11 Å². The quantitative estimate of drug-likeness (QED) is 0.759. The Balaban J connectivity index is 2.09. The first kappa shape index (κ1) is 9.72. The number of hydrogen-bond donors (Lipinski definition) is 1. The van der Waals surface area contributed by atoms with Gasteiger partial charge in [-0.15, -0.1) is 0 Å². The van der Waals surface area contributed by atoms with Crippen molar-refractivity contribution in [1.29, 1.82) is 0 Å². The van der Waals surface area contributed by atoms with E-state index in [4.69, 9.17) is 0 Å². The topological polar surface area (TPSA) is 20.2 Å². The maximum Gasteiger partial charge on any atom is 0.0818 e. The van der Waals surface area contributed by atoms with Crippen LogP contribution in [0.3, 0.4) is 0 Å². The van der Waals surface area contributed by atoms with Crippen molar-refractivity contribution in [3.8, 4) is 0 Å². The lowest BCUT2D eigenvalue weighted by Crippen LogP contribution is -2.08. The van der Waals surface area contributed by atoms with Crippen molar-refractivity contribution in [2.45, 2.75) is 38.7 Å². The van der Waals surface area contributed by atoms with E-state index in [1.54, 1.807) is 0 Å². The van der Waals surface area contributed by atoms with Crippen LogP contribution in [0.2, 0.25) is 0 Å². The highest BCUT2D eigenvalue weighted by Gasteiger charge is 2.23. The minimum atomic E-state index is -0.238. The summed E-state index contributed by atoms with van der Waals surface area (Å²) in [4.78, 5) is 0. The number of aliphatic hydroxyl groups is 1. The van der Waals surface area contributed by atoms with Gasteiger partial charge in [-0.3, -0.25) is 0 Å². The van der Waals surface area contributed by atoms with Crippen LogP contribution in [0.1, 0.15) is 42.9 Å². The summed E-state index contributed by atoms with van der Waals surface area (Å²) in [5.41, 5.74) is 2.34. The first-order valence-electron chi connectivity index (χ1n) is 5.52. The zero-order chi connectivity index (χ0) is 9.97. The molecule has 14 heavy (non-hydrogen) atoms. The Kier molecular flexibility index (Phi) is 2.87. The van der Waals surface area contributed by atoms with Crippen LogP contribution in [0.4, 0.5) is 0 Å². The van der Waals surface area contributed by atoms with Crippen LogP contribution < -0.4 is 0 Å². The molecular formula is C13H18O. The van der Waals surface area contributed by atoms with Gasteiger partial charge >= 0.3 is 0 Å². The van der Waals surface area contributed by atoms with Gasteiger partial charge in [-0.05, 0) is 31.2 Å². The predicted octanol–water partition coefficient (Wildman–Crippen LogP) is 3.22. The highest BCUT2D eigenvalue weighted by molar-refractivity contribution is 5.23. The summed E-state index contributed by atoms with van der Waals surface area (Å²) >= 11 is 0. The van der Waals surface area contributed by atoms with Gasteiger partial charge in [0.05, 0.1) is 6.10 Å². The van der Waals surface area contributed by atoms with Gasteiger partial charge < -0.3 is 5.11 Å². The van der Waals surface area contributed by atoms with Crippen LogP contribution in [0.15, 0.2) is 24.3 Å². The van der Waals surface area contributed by atoms with Gasteiger partial charge in [-0.25, -0.2) is 0 Å². The Bertz CT molecular complexity index is 283. The average Bonchev–Trinajstić information content (AvgIpc) is 2.71. The summed E-state index contributed by atoms with van der Waals surface area (Å²) in [6.45, 7) is 2.08. The van der Waals surface area contributed by atoms with Crippen molar-refractivity contribution in [1.82, 2.24) is 0 Å². The zero-order valence-corrected chi connectivity index (χ0v) is 8.74. The molecule has 0 aliphatic heterocycles. The highest BCUT2D eigenvalue weighted by Crippen LogP contribution is 2.35. The van der Waals surface area contributed by atoms with Crippen molar-refractivity contribution in [3.05, 3.63) is 35.4 Å². The van der Waals surface area contributed by atoms with Crippen LogP contribution in [0.5, 0.6) is 0 Å². The van der Waals surface area contributed by atoms with Crippen molar-refractivity contribution >= 4 is 0 Å². The molecule has 0 amide bonds. The fourth-order valence-electron chi connectivity index (χ4n) is 2.31. The molecule has 0 spiro atoms. The lowest BCUT2D eigenvalue weighted by atomic mass is 9.94. The molecule has 1 aliphatic rings. The van der Waals surface area contributed by atoms with Crippen LogP contribution in [0, 0.1) is 12.8 Å². The third kappa shape index (κ3) is 1.98. The molecular weight excluding hydrogens is 172 g/mol. The Hall–Kier alpha value is -0.820. The van der Waals surface area contributed by atoms with Crippen LogP contribution in [-0.4, -0.2) is 5.11 Å². The minimum Gasteiger partial charge on any atom is -0.388 e. The summed E-state index contributed by atoms with van der Waals surface area (Å²) in [6, 6.07) is 8.26. The molecule has 1 atom stereocenters. The van der Waals surface area contributed by atoms with Crippen molar-refractivity contribution in [2.75, 3.05) is 0 Å². The van der Waals surface area contributed by atoms with Crippen molar-refractivity contribution in [2.24, 2.45) is 5.92 Å². The molecule has 76 valence electrons. The Morgan fingerprint density at radius 1 is 1.14 bits per heavy atom. The molecule has 0 heterocycles. The molecule has 0 bridgehead atoms. The SMILES string of the molecule is Cc1ccc(C(O)C2CCCC2)cc1. The second-order valence-corrected chi connectivity index (χ2v) is 4.40. The van der Waals surface area contributed by atoms with E-state index in [2.05, 4.69) is 31.2 Å². The number of aliphatic hydroxyl groups excluding tert-OH is 1. The van der Waals surface area contributed by atoms with E-state index < -0.39 is 0 Å². The Morgan fingerprint density at radius 2 is 1.71 bits per heavy atom. The normalized spacial score (nSPS) is 19.9. The van der Waals surface area contributed by atoms with E-state index >= 15 is 0 Å². The van der Waals surface area contributed by atoms with Gasteiger partial charge in [0.15, 0.2) is 0 Å². The summed E-state index contributed by atoms with van der Waals surface area (Å²) in [6.07, 6.45) is 4.71. The average molecular weight is 190 g/mol. The smallest absolute Gasteiger partial charge is 0.0818 e. The van der Waals surface area contributed by atoms with Gasteiger partial charge in [0.2, 0.25) is 0 Å². The maximum absolute atomic E-state index is 10.1. The lowest BCUT2D eigenvalue weighted by Gasteiger charge is -2.17. The second kappa shape index (κ2) is 4.14. The predicted molar refractivity (Wildman–Crippen MR) is 58.1 cm³/mol. The lowest BCUT2D eigenvalue weighted by molar-refractivity contribution is 0.111. The highest BCUT2D eigenvalue weighted by atomic mass is 16.3. The minimum absolute atomic E-state index is 0.238. The monoisotopic (exact) mass is 190 g/mol. The third-order valence-electron chi connectivity index (χ3n) is 3.27. The molecule has 1 aliphatic carbocycles. The van der Waals surface area contributed by atoms with Gasteiger partial charge in [-0.2, -0.15) is 0 Å². The third-order valence-corrected chi connectivity index (χ3v) is 3.27. The largest absolute Gasteiger partial charge is 0.388 e.